The van der Waals surface area contributed by atoms with Crippen molar-refractivity contribution < 1.29 is 14.6 Å². The molecule has 0 saturated carbocycles. The predicted molar refractivity (Wildman–Crippen MR) is 145 cm³/mol. The second-order valence-corrected chi connectivity index (χ2v) is 10.9. The summed E-state index contributed by atoms with van der Waals surface area (Å²) >= 11 is 0. The molecule has 0 radical (unpaired) electrons. The van der Waals surface area contributed by atoms with Crippen molar-refractivity contribution >= 4 is 0 Å². The summed E-state index contributed by atoms with van der Waals surface area (Å²) in [5.74, 6) is 0.868. The Bertz CT molecular complexity index is 949. The average molecular weight is 493 g/mol. The van der Waals surface area contributed by atoms with Gasteiger partial charge in [0.05, 0.1) is 11.6 Å². The second kappa shape index (κ2) is 14.4. The molecule has 2 aromatic carbocycles. The summed E-state index contributed by atoms with van der Waals surface area (Å²) in [6, 6.07) is 18.4. The molecular formula is C31H44N2O3. The van der Waals surface area contributed by atoms with Crippen LogP contribution in [0.2, 0.25) is 0 Å². The quantitative estimate of drug-likeness (QED) is 0.294. The maximum atomic E-state index is 9.40. The molecule has 5 nitrogen and oxygen atoms in total. The molecule has 196 valence electrons. The molecule has 1 fully saturated rings. The van der Waals surface area contributed by atoms with Crippen molar-refractivity contribution in [2.24, 2.45) is 0 Å². The minimum absolute atomic E-state index is 0.0201. The lowest BCUT2D eigenvalue weighted by Gasteiger charge is -2.35. The Kier molecular flexibility index (Phi) is 11.3. The number of rotatable bonds is 14. The topological polar surface area (TPSA) is 65.7 Å². The van der Waals surface area contributed by atoms with E-state index in [4.69, 9.17) is 14.6 Å². The lowest BCUT2D eigenvalue weighted by Crippen LogP contribution is -2.42. The van der Waals surface area contributed by atoms with Crippen LogP contribution in [0.25, 0.3) is 0 Å². The van der Waals surface area contributed by atoms with Crippen molar-refractivity contribution in [2.75, 3.05) is 19.8 Å². The number of aliphatic hydroxyl groups is 1. The molecule has 2 aromatic rings. The zero-order valence-electron chi connectivity index (χ0n) is 22.4. The van der Waals surface area contributed by atoms with E-state index in [1.807, 2.05) is 24.3 Å². The molecule has 1 aliphatic rings. The molecule has 1 unspecified atom stereocenters. The van der Waals surface area contributed by atoms with Crippen molar-refractivity contribution in [3.63, 3.8) is 0 Å². The van der Waals surface area contributed by atoms with Gasteiger partial charge in [0.2, 0.25) is 0 Å². The first-order chi connectivity index (χ1) is 17.4. The van der Waals surface area contributed by atoms with Gasteiger partial charge in [0.15, 0.2) is 0 Å². The van der Waals surface area contributed by atoms with Crippen LogP contribution in [0.15, 0.2) is 48.5 Å². The van der Waals surface area contributed by atoms with Crippen LogP contribution in [-0.2, 0) is 11.2 Å². The predicted octanol–water partition coefficient (Wildman–Crippen LogP) is 6.79. The highest BCUT2D eigenvalue weighted by Gasteiger charge is 2.40. The van der Waals surface area contributed by atoms with Crippen LogP contribution in [0.4, 0.5) is 0 Å². The molecule has 2 atom stereocenters. The number of nitrogens with zero attached hydrogens (tertiary/aromatic N) is 2. The lowest BCUT2D eigenvalue weighted by molar-refractivity contribution is -0.0398. The van der Waals surface area contributed by atoms with Gasteiger partial charge < -0.3 is 14.6 Å². The third kappa shape index (κ3) is 8.62. The van der Waals surface area contributed by atoms with Gasteiger partial charge in [0.1, 0.15) is 24.7 Å². The van der Waals surface area contributed by atoms with E-state index in [1.54, 1.807) is 0 Å². The van der Waals surface area contributed by atoms with Gasteiger partial charge in [-0.15, -0.1) is 0 Å². The average Bonchev–Trinajstić information content (AvgIpc) is 3.32. The van der Waals surface area contributed by atoms with E-state index in [0.717, 1.165) is 43.5 Å². The van der Waals surface area contributed by atoms with E-state index in [-0.39, 0.29) is 17.9 Å². The lowest BCUT2D eigenvalue weighted by atomic mass is 10.0. The third-order valence-corrected chi connectivity index (χ3v) is 6.92. The summed E-state index contributed by atoms with van der Waals surface area (Å²) in [5, 5.41) is 18.3. The van der Waals surface area contributed by atoms with Crippen molar-refractivity contribution in [3.05, 3.63) is 65.2 Å². The number of unbranched alkanes of at least 4 members (excludes halogenated alkanes) is 7. The van der Waals surface area contributed by atoms with E-state index in [0.29, 0.717) is 18.8 Å². The summed E-state index contributed by atoms with van der Waals surface area (Å²) in [6.45, 7) is 8.28. The van der Waals surface area contributed by atoms with Crippen LogP contribution < -0.4 is 4.74 Å². The molecule has 0 amide bonds. The minimum Gasteiger partial charge on any atom is -0.491 e. The number of hydrogen-bond donors (Lipinski definition) is 1. The minimum atomic E-state index is -0.0797. The number of hydrogen-bond acceptors (Lipinski definition) is 5. The maximum absolute atomic E-state index is 9.40. The van der Waals surface area contributed by atoms with Gasteiger partial charge in [0.25, 0.3) is 0 Å². The van der Waals surface area contributed by atoms with Crippen LogP contribution in [0.1, 0.15) is 95.1 Å². The standard InChI is InChI=1S/C31H44N2O3/c1-31(2,3)33-23-28(36-30(33)26-15-12-10-13-16-26)24-35-29-19-18-25(22-32)21-27(29)17-11-8-6-4-5-7-9-14-20-34/h10,12-13,15-16,18-19,21,28,30,34H,4-9,11,14,17,20,23-24H2,1-3H3/t28-,30?/m0/s1. The molecule has 0 aromatic heterocycles. The van der Waals surface area contributed by atoms with Crippen molar-refractivity contribution in [1.82, 2.24) is 4.90 Å². The van der Waals surface area contributed by atoms with Crippen LogP contribution in [-0.4, -0.2) is 41.4 Å². The first kappa shape index (κ1) is 28.2. The summed E-state index contributed by atoms with van der Waals surface area (Å²) in [4.78, 5) is 2.40. The Balaban J connectivity index is 1.54. The van der Waals surface area contributed by atoms with E-state index >= 15 is 0 Å². The normalized spacial score (nSPS) is 18.3. The van der Waals surface area contributed by atoms with E-state index in [2.05, 4.69) is 56.0 Å². The van der Waals surface area contributed by atoms with Gasteiger partial charge in [-0.05, 0) is 69.4 Å². The molecule has 1 aliphatic heterocycles. The molecule has 1 N–H and O–H groups in total. The molecule has 0 spiro atoms. The summed E-state index contributed by atoms with van der Waals surface area (Å²) in [7, 11) is 0. The molecular weight excluding hydrogens is 448 g/mol. The highest BCUT2D eigenvalue weighted by atomic mass is 16.6. The van der Waals surface area contributed by atoms with Crippen molar-refractivity contribution in [1.29, 1.82) is 5.26 Å². The SMILES string of the molecule is CC(C)(C)N1C[C@@H](COc2ccc(C#N)cc2CCCCCCCCCCO)OC1c1ccccc1. The summed E-state index contributed by atoms with van der Waals surface area (Å²) < 4.78 is 12.8. The van der Waals surface area contributed by atoms with Crippen molar-refractivity contribution in [2.45, 2.75) is 96.4 Å². The van der Waals surface area contributed by atoms with E-state index in [9.17, 15) is 5.26 Å². The summed E-state index contributed by atoms with van der Waals surface area (Å²) in [5.41, 5.74) is 2.94. The van der Waals surface area contributed by atoms with Gasteiger partial charge >= 0.3 is 0 Å². The van der Waals surface area contributed by atoms with Gasteiger partial charge in [-0.3, -0.25) is 4.90 Å². The molecule has 5 heteroatoms. The second-order valence-electron chi connectivity index (χ2n) is 10.9. The molecule has 1 saturated heterocycles. The first-order valence-electron chi connectivity index (χ1n) is 13.7. The van der Waals surface area contributed by atoms with Crippen LogP contribution in [0, 0.1) is 11.3 Å². The van der Waals surface area contributed by atoms with Crippen molar-refractivity contribution in [3.8, 4) is 11.8 Å². The van der Waals surface area contributed by atoms with Crippen LogP contribution >= 0.6 is 0 Å². The van der Waals surface area contributed by atoms with Gasteiger partial charge in [-0.25, -0.2) is 0 Å². The Morgan fingerprint density at radius 2 is 1.64 bits per heavy atom. The number of nitriles is 1. The van der Waals surface area contributed by atoms with E-state index in [1.165, 1.54) is 37.7 Å². The number of ether oxygens (including phenoxy) is 2. The number of aryl methyl sites for hydroxylation is 1. The fraction of sp³-hybridized carbons (Fsp3) is 0.581. The smallest absolute Gasteiger partial charge is 0.137 e. The summed E-state index contributed by atoms with van der Waals surface area (Å²) in [6.07, 6.45) is 10.1. The van der Waals surface area contributed by atoms with Crippen LogP contribution in [0.3, 0.4) is 0 Å². The molecule has 3 rings (SSSR count). The highest BCUT2D eigenvalue weighted by molar-refractivity contribution is 5.42. The van der Waals surface area contributed by atoms with Gasteiger partial charge in [-0.2, -0.15) is 5.26 Å². The molecule has 0 aliphatic carbocycles. The number of aliphatic hydroxyl groups excluding tert-OH is 1. The molecule has 0 bridgehead atoms. The zero-order valence-corrected chi connectivity index (χ0v) is 22.4. The Labute approximate surface area is 218 Å². The van der Waals surface area contributed by atoms with Gasteiger partial charge in [0, 0.05) is 18.7 Å². The Morgan fingerprint density at radius 3 is 2.28 bits per heavy atom. The Hall–Kier alpha value is -2.39. The van der Waals surface area contributed by atoms with E-state index < -0.39 is 0 Å². The third-order valence-electron chi connectivity index (χ3n) is 6.92. The molecule has 1 heterocycles. The largest absolute Gasteiger partial charge is 0.491 e. The highest BCUT2D eigenvalue weighted by Crippen LogP contribution is 2.36. The fourth-order valence-corrected chi connectivity index (χ4v) is 4.86. The zero-order chi connectivity index (χ0) is 25.8. The fourth-order valence-electron chi connectivity index (χ4n) is 4.86. The van der Waals surface area contributed by atoms with Gasteiger partial charge in [-0.1, -0.05) is 68.9 Å². The maximum Gasteiger partial charge on any atom is 0.137 e. The molecule has 36 heavy (non-hydrogen) atoms. The monoisotopic (exact) mass is 492 g/mol. The van der Waals surface area contributed by atoms with Crippen LogP contribution in [0.5, 0.6) is 5.75 Å². The first-order valence-corrected chi connectivity index (χ1v) is 13.7. The Morgan fingerprint density at radius 1 is 0.972 bits per heavy atom. The number of benzene rings is 2.